The van der Waals surface area contributed by atoms with Gasteiger partial charge in [0.1, 0.15) is 6.07 Å². The molecule has 14 heteroatoms. The van der Waals surface area contributed by atoms with Crippen molar-refractivity contribution in [1.82, 2.24) is 35.0 Å². The molecule has 2 bridgehead atoms. The predicted octanol–water partition coefficient (Wildman–Crippen LogP) is 5.70. The molecule has 2 N–H and O–H groups in total. The van der Waals surface area contributed by atoms with Gasteiger partial charge in [0.2, 0.25) is 16.9 Å². The van der Waals surface area contributed by atoms with Crippen molar-refractivity contribution in [2.24, 2.45) is 5.92 Å². The average Bonchev–Trinajstić information content (AvgIpc) is 3.90. The number of carbonyl (C=O) groups excluding carboxylic acids is 2. The molecule has 4 aromatic heterocycles. The van der Waals surface area contributed by atoms with Gasteiger partial charge in [-0.2, -0.15) is 10.4 Å². The summed E-state index contributed by atoms with van der Waals surface area (Å²) in [5, 5.41) is 31.1. The first-order valence-electron chi connectivity index (χ1n) is 19.5. The lowest BCUT2D eigenvalue weighted by atomic mass is 9.90. The van der Waals surface area contributed by atoms with Crippen molar-refractivity contribution in [3.63, 3.8) is 0 Å². The van der Waals surface area contributed by atoms with E-state index in [2.05, 4.69) is 80.7 Å². The van der Waals surface area contributed by atoms with E-state index in [1.807, 2.05) is 28.9 Å². The normalized spacial score (nSPS) is 22.0. The van der Waals surface area contributed by atoms with Crippen LogP contribution in [0.3, 0.4) is 0 Å². The quantitative estimate of drug-likeness (QED) is 0.179. The van der Waals surface area contributed by atoms with Gasteiger partial charge in [0, 0.05) is 74.8 Å². The highest BCUT2D eigenvalue weighted by molar-refractivity contribution is 7.18. The molecule has 4 aliphatic rings. The minimum atomic E-state index is -0.241. The molecule has 2 amide bonds. The highest BCUT2D eigenvalue weighted by Crippen LogP contribution is 2.39. The Morgan fingerprint density at radius 3 is 2.45 bits per heavy atom. The van der Waals surface area contributed by atoms with Crippen LogP contribution >= 0.6 is 11.3 Å². The second-order valence-electron chi connectivity index (χ2n) is 15.7. The van der Waals surface area contributed by atoms with Gasteiger partial charge >= 0.3 is 0 Å². The van der Waals surface area contributed by atoms with Gasteiger partial charge in [-0.25, -0.2) is 4.52 Å². The third-order valence-electron chi connectivity index (χ3n) is 11.8. The monoisotopic (exact) mass is 755 g/mol. The number of rotatable bonds is 9. The van der Waals surface area contributed by atoms with Crippen molar-refractivity contribution in [3.8, 4) is 28.0 Å². The van der Waals surface area contributed by atoms with Gasteiger partial charge in [-0.3, -0.25) is 24.8 Å². The van der Waals surface area contributed by atoms with E-state index in [9.17, 15) is 14.9 Å². The Morgan fingerprint density at radius 1 is 0.945 bits per heavy atom. The molecule has 5 aromatic rings. The number of pyridine rings is 1. The van der Waals surface area contributed by atoms with Crippen LogP contribution in [0.15, 0.2) is 60.9 Å². The van der Waals surface area contributed by atoms with Crippen LogP contribution in [0.1, 0.15) is 69.4 Å². The van der Waals surface area contributed by atoms with Crippen LogP contribution in [0.4, 0.5) is 16.5 Å². The third-order valence-corrected chi connectivity index (χ3v) is 12.8. The fourth-order valence-electron chi connectivity index (χ4n) is 8.95. The number of imide groups is 1. The van der Waals surface area contributed by atoms with Gasteiger partial charge in [-0.1, -0.05) is 23.5 Å². The number of anilines is 3. The Kier molecular flexibility index (Phi) is 9.43. The van der Waals surface area contributed by atoms with Crippen molar-refractivity contribution in [3.05, 3.63) is 72.1 Å². The molecule has 3 atom stereocenters. The molecule has 0 aliphatic carbocycles. The smallest absolute Gasteiger partial charge is 0.234 e. The number of benzene rings is 1. The maximum Gasteiger partial charge on any atom is 0.234 e. The van der Waals surface area contributed by atoms with E-state index < -0.39 is 0 Å². The van der Waals surface area contributed by atoms with Crippen LogP contribution in [0, 0.1) is 17.2 Å². The van der Waals surface area contributed by atoms with Crippen molar-refractivity contribution < 1.29 is 9.59 Å². The van der Waals surface area contributed by atoms with Crippen molar-refractivity contribution in [2.45, 2.75) is 76.4 Å². The van der Waals surface area contributed by atoms with Crippen molar-refractivity contribution in [2.75, 3.05) is 47.8 Å². The first-order chi connectivity index (χ1) is 26.8. The summed E-state index contributed by atoms with van der Waals surface area (Å²) in [5.41, 5.74) is 7.09. The first kappa shape index (κ1) is 35.3. The molecule has 0 radical (unpaired) electrons. The molecule has 8 heterocycles. The summed E-state index contributed by atoms with van der Waals surface area (Å²) < 4.78 is 1.82. The Morgan fingerprint density at radius 2 is 1.73 bits per heavy atom. The summed E-state index contributed by atoms with van der Waals surface area (Å²) in [6.45, 7) is 9.42. The Labute approximate surface area is 324 Å². The largest absolute Gasteiger partial charge is 0.382 e. The summed E-state index contributed by atoms with van der Waals surface area (Å²) in [4.78, 5) is 36.5. The number of piperazine rings is 1. The number of nitrogens with zero attached hydrogens (tertiary/aromatic N) is 9. The summed E-state index contributed by atoms with van der Waals surface area (Å²) >= 11 is 1.64. The molecular weight excluding hydrogens is 711 g/mol. The Bertz CT molecular complexity index is 2260. The van der Waals surface area contributed by atoms with Crippen LogP contribution in [0.2, 0.25) is 0 Å². The number of nitrogens with one attached hydrogen (secondary N) is 2. The molecule has 9 rings (SSSR count). The number of hydrogen-bond acceptors (Lipinski definition) is 12. The van der Waals surface area contributed by atoms with E-state index in [1.54, 1.807) is 17.5 Å². The molecule has 1 aromatic carbocycles. The van der Waals surface area contributed by atoms with E-state index in [0.717, 1.165) is 76.6 Å². The zero-order valence-corrected chi connectivity index (χ0v) is 32.0. The van der Waals surface area contributed by atoms with Crippen molar-refractivity contribution >= 4 is 45.2 Å². The van der Waals surface area contributed by atoms with E-state index in [4.69, 9.17) is 15.2 Å². The van der Waals surface area contributed by atoms with E-state index in [-0.39, 0.29) is 23.8 Å². The SMILES string of the molecule is CC(C)Nc1cc(-c2ccc3cc(C#N)cnn23)ncc1-c1nnc(N2CC3CCC(C2)N3CC2CCN(c3ccc([C@H]4CCC(=O)NC4=O)cc3)CC2)s1. The van der Waals surface area contributed by atoms with Crippen LogP contribution in [0.5, 0.6) is 0 Å². The van der Waals surface area contributed by atoms with E-state index >= 15 is 0 Å². The summed E-state index contributed by atoms with van der Waals surface area (Å²) in [5.74, 6) is 0.0838. The Balaban J connectivity index is 0.828. The van der Waals surface area contributed by atoms with Gasteiger partial charge in [-0.15, -0.1) is 10.2 Å². The van der Waals surface area contributed by atoms with Gasteiger partial charge in [0.05, 0.1) is 40.1 Å². The molecule has 2 unspecified atom stereocenters. The van der Waals surface area contributed by atoms with Crippen molar-refractivity contribution in [1.29, 1.82) is 5.26 Å². The minimum absolute atomic E-state index is 0.174. The molecule has 0 spiro atoms. The predicted molar refractivity (Wildman–Crippen MR) is 213 cm³/mol. The number of aromatic nitrogens is 5. The minimum Gasteiger partial charge on any atom is -0.382 e. The number of carbonyl (C=O) groups is 2. The lowest BCUT2D eigenvalue weighted by Crippen LogP contribution is -2.55. The number of piperidine rings is 2. The van der Waals surface area contributed by atoms with Gasteiger partial charge < -0.3 is 15.1 Å². The number of fused-ring (bicyclic) bond motifs is 3. The molecule has 4 aliphatic heterocycles. The number of hydrogen-bond donors (Lipinski definition) is 2. The number of nitriles is 1. The van der Waals surface area contributed by atoms with Gasteiger partial charge in [-0.05, 0) is 93.8 Å². The van der Waals surface area contributed by atoms with Crippen LogP contribution in [-0.4, -0.2) is 92.4 Å². The van der Waals surface area contributed by atoms with Gasteiger partial charge in [0.15, 0.2) is 5.01 Å². The molecular formula is C41H45N11O2S. The molecule has 55 heavy (non-hydrogen) atoms. The maximum absolute atomic E-state index is 12.3. The first-order valence-corrected chi connectivity index (χ1v) is 20.3. The van der Waals surface area contributed by atoms with Gasteiger partial charge in [0.25, 0.3) is 0 Å². The van der Waals surface area contributed by atoms with E-state index in [0.29, 0.717) is 36.4 Å². The third kappa shape index (κ3) is 7.02. The molecule has 282 valence electrons. The number of amides is 2. The molecule has 0 saturated carbocycles. The highest BCUT2D eigenvalue weighted by atomic mass is 32.1. The molecule has 4 fully saturated rings. The molecule has 4 saturated heterocycles. The topological polar surface area (TPSA) is 148 Å². The fourth-order valence-corrected chi connectivity index (χ4v) is 9.84. The standard InChI is InChI=1S/C41H45N11O2S/c1-25(2)45-35-18-36(37-11-9-30-17-27(19-42)20-44-52(30)37)43-21-34(35)40-47-48-41(55-40)50-23-31-7-8-32(24-50)51(31)22-26-13-15-49(16-14-26)29-5-3-28(4-6-29)33-10-12-38(53)46-39(33)54/h3-6,9,11,17-18,20-21,25-26,31-33H,7-8,10,12-16,22-24H2,1-2H3,(H,43,45)(H,46,53,54)/t31?,32?,33-/m1/s1. The summed E-state index contributed by atoms with van der Waals surface area (Å²) in [6.07, 6.45) is 9.23. The van der Waals surface area contributed by atoms with Crippen LogP contribution in [0.25, 0.3) is 27.5 Å². The van der Waals surface area contributed by atoms with Crippen LogP contribution < -0.4 is 20.4 Å². The highest BCUT2D eigenvalue weighted by Gasteiger charge is 2.42. The second kappa shape index (κ2) is 14.7. The lowest BCUT2D eigenvalue weighted by molar-refractivity contribution is -0.134. The second-order valence-corrected chi connectivity index (χ2v) is 16.7. The van der Waals surface area contributed by atoms with Crippen LogP contribution in [-0.2, 0) is 9.59 Å². The average molecular weight is 756 g/mol. The Hall–Kier alpha value is -5.39. The summed E-state index contributed by atoms with van der Waals surface area (Å²) in [7, 11) is 0. The summed E-state index contributed by atoms with van der Waals surface area (Å²) in [6, 6.07) is 19.6. The van der Waals surface area contributed by atoms with E-state index in [1.165, 1.54) is 31.4 Å². The lowest BCUT2D eigenvalue weighted by Gasteiger charge is -2.43. The zero-order valence-electron chi connectivity index (χ0n) is 31.2. The zero-order chi connectivity index (χ0) is 37.6. The molecule has 13 nitrogen and oxygen atoms in total. The fraction of sp³-hybridized carbons (Fsp3) is 0.439. The maximum atomic E-state index is 12.3.